The lowest BCUT2D eigenvalue weighted by molar-refractivity contribution is 0.110. The fourth-order valence-corrected chi connectivity index (χ4v) is 1.68. The number of nitrogens with zero attached hydrogens (tertiary/aromatic N) is 1. The number of carbonyl (C=O) groups excluding carboxylic acids is 1. The van der Waals surface area contributed by atoms with Gasteiger partial charge in [0.15, 0.2) is 17.9 Å². The van der Waals surface area contributed by atoms with E-state index in [4.69, 9.17) is 10.8 Å². The molecule has 15 heavy (non-hydrogen) atoms. The van der Waals surface area contributed by atoms with E-state index in [9.17, 15) is 9.90 Å². The number of hydrogen-bond donors (Lipinski definition) is 1. The highest BCUT2D eigenvalue weighted by Crippen LogP contribution is 2.27. The summed E-state index contributed by atoms with van der Waals surface area (Å²) in [5.74, 6) is 3.21. The summed E-state index contributed by atoms with van der Waals surface area (Å²) in [5.41, 5.74) is -1.08. The van der Waals surface area contributed by atoms with Crippen molar-refractivity contribution < 1.29 is 14.3 Å². The third-order valence-corrected chi connectivity index (χ3v) is 2.56. The Morgan fingerprint density at radius 2 is 2.47 bits per heavy atom. The Labute approximate surface area is 87.5 Å². The van der Waals surface area contributed by atoms with Crippen LogP contribution in [0.15, 0.2) is 16.5 Å². The largest absolute Gasteiger partial charge is 0.438 e. The molecule has 1 aliphatic rings. The summed E-state index contributed by atoms with van der Waals surface area (Å²) in [7, 11) is 0. The van der Waals surface area contributed by atoms with Crippen molar-refractivity contribution in [3.05, 3.63) is 17.9 Å². The Balaban J connectivity index is 2.15. The van der Waals surface area contributed by atoms with Crippen molar-refractivity contribution in [1.29, 1.82) is 0 Å². The van der Waals surface area contributed by atoms with Crippen molar-refractivity contribution in [2.45, 2.75) is 12.0 Å². The van der Waals surface area contributed by atoms with E-state index in [0.717, 1.165) is 0 Å². The number of aldehydes is 1. The molecule has 1 unspecified atom stereocenters. The first kappa shape index (κ1) is 9.81. The molecule has 0 aromatic carbocycles. The molecule has 2 rings (SSSR count). The number of furan rings is 1. The smallest absolute Gasteiger partial charge is 0.196 e. The Kier molecular flexibility index (Phi) is 2.25. The van der Waals surface area contributed by atoms with Crippen LogP contribution in [0.25, 0.3) is 0 Å². The fourth-order valence-electron chi connectivity index (χ4n) is 1.68. The first-order valence-corrected chi connectivity index (χ1v) is 4.67. The molecule has 4 nitrogen and oxygen atoms in total. The molecule has 0 radical (unpaired) electrons. The molecule has 0 amide bonds. The average Bonchev–Trinajstić information content (AvgIpc) is 2.84. The van der Waals surface area contributed by atoms with E-state index in [0.29, 0.717) is 31.7 Å². The third kappa shape index (κ3) is 1.74. The lowest BCUT2D eigenvalue weighted by Crippen LogP contribution is -2.31. The van der Waals surface area contributed by atoms with Gasteiger partial charge in [0, 0.05) is 19.0 Å². The van der Waals surface area contributed by atoms with Crippen molar-refractivity contribution in [1.82, 2.24) is 0 Å². The molecule has 0 spiro atoms. The first-order chi connectivity index (χ1) is 7.17. The Hall–Kier alpha value is -1.73. The zero-order chi connectivity index (χ0) is 10.9. The second-order valence-electron chi connectivity index (χ2n) is 3.64. The van der Waals surface area contributed by atoms with Gasteiger partial charge in [-0.1, -0.05) is 5.92 Å². The van der Waals surface area contributed by atoms with Gasteiger partial charge in [-0.2, -0.15) is 0 Å². The summed E-state index contributed by atoms with van der Waals surface area (Å²) in [6.45, 7) is 0.974. The topological polar surface area (TPSA) is 53.7 Å². The van der Waals surface area contributed by atoms with Gasteiger partial charge in [-0.25, -0.2) is 0 Å². The van der Waals surface area contributed by atoms with Crippen LogP contribution in [0.5, 0.6) is 0 Å². The van der Waals surface area contributed by atoms with Crippen molar-refractivity contribution in [3.63, 3.8) is 0 Å². The number of rotatable bonds is 2. The van der Waals surface area contributed by atoms with E-state index < -0.39 is 5.60 Å². The molecule has 0 bridgehead atoms. The predicted octanol–water partition coefficient (Wildman–Crippen LogP) is 0.667. The minimum Gasteiger partial charge on any atom is -0.438 e. The fraction of sp³-hybridized carbons (Fsp3) is 0.364. The Morgan fingerprint density at radius 1 is 1.67 bits per heavy atom. The number of anilines is 1. The van der Waals surface area contributed by atoms with Crippen LogP contribution in [0.3, 0.4) is 0 Å². The average molecular weight is 205 g/mol. The van der Waals surface area contributed by atoms with Gasteiger partial charge in [-0.3, -0.25) is 4.79 Å². The maximum Gasteiger partial charge on any atom is 0.196 e. The maximum atomic E-state index is 10.4. The van der Waals surface area contributed by atoms with Gasteiger partial charge in [0.05, 0.1) is 6.54 Å². The van der Waals surface area contributed by atoms with Gasteiger partial charge in [0.2, 0.25) is 0 Å². The number of β-amino-alcohol motifs (C(OH)–C–C–N with tert-alkyl or cyclic N) is 1. The van der Waals surface area contributed by atoms with Gasteiger partial charge in [0.1, 0.15) is 5.60 Å². The van der Waals surface area contributed by atoms with Crippen LogP contribution in [-0.4, -0.2) is 30.1 Å². The zero-order valence-corrected chi connectivity index (χ0v) is 8.14. The summed E-state index contributed by atoms with van der Waals surface area (Å²) >= 11 is 0. The van der Waals surface area contributed by atoms with E-state index in [1.54, 1.807) is 12.1 Å². The normalized spacial score (nSPS) is 25.2. The highest BCUT2D eigenvalue weighted by Gasteiger charge is 2.35. The Morgan fingerprint density at radius 3 is 3.00 bits per heavy atom. The standard InChI is InChI=1S/C11H11NO3/c1-2-11(14)5-6-12(8-11)10-4-3-9(7-13)15-10/h1,3-4,7,14H,5-6,8H2. The minimum atomic E-state index is -1.08. The summed E-state index contributed by atoms with van der Waals surface area (Å²) in [6, 6.07) is 3.29. The summed E-state index contributed by atoms with van der Waals surface area (Å²) in [6.07, 6.45) is 6.39. The first-order valence-electron chi connectivity index (χ1n) is 4.67. The van der Waals surface area contributed by atoms with Gasteiger partial charge in [-0.15, -0.1) is 6.42 Å². The number of aliphatic hydroxyl groups is 1. The van der Waals surface area contributed by atoms with Crippen LogP contribution in [0, 0.1) is 12.3 Å². The lowest BCUT2D eigenvalue weighted by Gasteiger charge is -2.17. The SMILES string of the molecule is C#CC1(O)CCN(c2ccc(C=O)o2)C1. The number of carbonyl (C=O) groups is 1. The molecular formula is C11H11NO3. The minimum absolute atomic E-state index is 0.279. The van der Waals surface area contributed by atoms with E-state index in [2.05, 4.69) is 5.92 Å². The second kappa shape index (κ2) is 3.44. The molecule has 1 atom stereocenters. The molecule has 1 aromatic heterocycles. The van der Waals surface area contributed by atoms with Crippen molar-refractivity contribution >= 4 is 12.2 Å². The van der Waals surface area contributed by atoms with E-state index in [1.165, 1.54) is 0 Å². The van der Waals surface area contributed by atoms with Gasteiger partial charge in [0.25, 0.3) is 0 Å². The zero-order valence-electron chi connectivity index (χ0n) is 8.14. The van der Waals surface area contributed by atoms with Crippen LogP contribution in [0.4, 0.5) is 5.88 Å². The molecule has 1 aliphatic heterocycles. The molecule has 1 aromatic rings. The molecule has 1 saturated heterocycles. The van der Waals surface area contributed by atoms with Gasteiger partial charge >= 0.3 is 0 Å². The second-order valence-corrected chi connectivity index (χ2v) is 3.64. The van der Waals surface area contributed by atoms with Crippen LogP contribution in [0.2, 0.25) is 0 Å². The quantitative estimate of drug-likeness (QED) is 0.569. The molecule has 1 fully saturated rings. The molecule has 1 N–H and O–H groups in total. The van der Waals surface area contributed by atoms with E-state index in [1.807, 2.05) is 4.90 Å². The molecule has 0 aliphatic carbocycles. The van der Waals surface area contributed by atoms with Crippen LogP contribution in [-0.2, 0) is 0 Å². The van der Waals surface area contributed by atoms with Crippen LogP contribution in [0.1, 0.15) is 17.0 Å². The highest BCUT2D eigenvalue weighted by atomic mass is 16.4. The summed E-state index contributed by atoms with van der Waals surface area (Å²) < 4.78 is 5.23. The monoisotopic (exact) mass is 205 g/mol. The molecular weight excluding hydrogens is 194 g/mol. The lowest BCUT2D eigenvalue weighted by atomic mass is 10.1. The van der Waals surface area contributed by atoms with Crippen LogP contribution < -0.4 is 4.90 Å². The number of hydrogen-bond acceptors (Lipinski definition) is 4. The molecule has 0 saturated carbocycles. The van der Waals surface area contributed by atoms with E-state index >= 15 is 0 Å². The summed E-state index contributed by atoms with van der Waals surface area (Å²) in [4.78, 5) is 12.3. The summed E-state index contributed by atoms with van der Waals surface area (Å²) in [5, 5.41) is 9.81. The van der Waals surface area contributed by atoms with Gasteiger partial charge < -0.3 is 14.4 Å². The van der Waals surface area contributed by atoms with Crippen molar-refractivity contribution in [2.75, 3.05) is 18.0 Å². The number of terminal acetylenes is 1. The predicted molar refractivity (Wildman–Crippen MR) is 54.7 cm³/mol. The van der Waals surface area contributed by atoms with Crippen LogP contribution >= 0.6 is 0 Å². The third-order valence-electron chi connectivity index (χ3n) is 2.56. The molecule has 2 heterocycles. The van der Waals surface area contributed by atoms with Gasteiger partial charge in [-0.05, 0) is 6.07 Å². The van der Waals surface area contributed by atoms with E-state index in [-0.39, 0.29) is 5.76 Å². The Bertz CT molecular complexity index is 418. The van der Waals surface area contributed by atoms with Crippen molar-refractivity contribution in [3.8, 4) is 12.3 Å². The van der Waals surface area contributed by atoms with Crippen molar-refractivity contribution in [2.24, 2.45) is 0 Å². The maximum absolute atomic E-state index is 10.4. The molecule has 4 heteroatoms. The molecule has 78 valence electrons. The highest BCUT2D eigenvalue weighted by molar-refractivity contribution is 5.71.